The van der Waals surface area contributed by atoms with Gasteiger partial charge in [0.2, 0.25) is 0 Å². The predicted molar refractivity (Wildman–Crippen MR) is 109 cm³/mol. The summed E-state index contributed by atoms with van der Waals surface area (Å²) in [5.74, 6) is 2.78. The number of nitrogens with zero attached hydrogens (tertiary/aromatic N) is 3. The quantitative estimate of drug-likeness (QED) is 0.875. The standard InChI is InChI=1S/C20H26N4O2S/c1-13-19(14-2-4-23(13)5-3-14)22-20(25)16-10-15-17(12-26-18(15)11-21-16)24-6-8-27-9-7-24/h10-14,19H,2-9H2,1H3,(H,22,25)/t13-,19-/m0/s1. The Balaban J connectivity index is 1.38. The van der Waals surface area contributed by atoms with E-state index in [9.17, 15) is 4.79 Å². The fraction of sp³-hybridized carbons (Fsp3) is 0.600. The number of furan rings is 1. The number of thioether (sulfide) groups is 1. The van der Waals surface area contributed by atoms with Crippen molar-refractivity contribution in [1.29, 1.82) is 0 Å². The van der Waals surface area contributed by atoms with E-state index in [1.807, 2.05) is 17.8 Å². The second kappa shape index (κ2) is 7.02. The molecule has 6 nitrogen and oxygen atoms in total. The largest absolute Gasteiger partial charge is 0.460 e. The van der Waals surface area contributed by atoms with Crippen LogP contribution in [0.25, 0.3) is 11.0 Å². The smallest absolute Gasteiger partial charge is 0.270 e. The van der Waals surface area contributed by atoms with Gasteiger partial charge in [-0.15, -0.1) is 0 Å². The molecule has 7 heteroatoms. The summed E-state index contributed by atoms with van der Waals surface area (Å²) in [7, 11) is 0. The van der Waals surface area contributed by atoms with Crippen molar-refractivity contribution >= 4 is 34.3 Å². The van der Waals surface area contributed by atoms with Crippen LogP contribution in [-0.2, 0) is 0 Å². The zero-order valence-corrected chi connectivity index (χ0v) is 16.5. The van der Waals surface area contributed by atoms with E-state index in [2.05, 4.69) is 27.0 Å². The first-order valence-corrected chi connectivity index (χ1v) is 11.1. The maximum absolute atomic E-state index is 12.9. The predicted octanol–water partition coefficient (Wildman–Crippen LogP) is 2.59. The monoisotopic (exact) mass is 386 g/mol. The average molecular weight is 387 g/mol. The summed E-state index contributed by atoms with van der Waals surface area (Å²) in [6, 6.07) is 2.53. The van der Waals surface area contributed by atoms with Crippen LogP contribution >= 0.6 is 11.8 Å². The molecule has 2 bridgehead atoms. The molecule has 2 aromatic heterocycles. The van der Waals surface area contributed by atoms with Crippen LogP contribution in [-0.4, -0.2) is 65.6 Å². The van der Waals surface area contributed by atoms with Crippen molar-refractivity contribution in [2.45, 2.75) is 31.8 Å². The topological polar surface area (TPSA) is 61.6 Å². The highest BCUT2D eigenvalue weighted by molar-refractivity contribution is 7.99. The van der Waals surface area contributed by atoms with Crippen molar-refractivity contribution in [2.75, 3.05) is 42.6 Å². The first-order chi connectivity index (χ1) is 13.2. The highest BCUT2D eigenvalue weighted by Crippen LogP contribution is 2.33. The summed E-state index contributed by atoms with van der Waals surface area (Å²) >= 11 is 1.98. The first kappa shape index (κ1) is 17.4. The third-order valence-electron chi connectivity index (χ3n) is 6.50. The lowest BCUT2D eigenvalue weighted by Gasteiger charge is -2.49. The Kier molecular flexibility index (Phi) is 4.52. The number of fused-ring (bicyclic) bond motifs is 4. The van der Waals surface area contributed by atoms with Gasteiger partial charge in [-0.3, -0.25) is 9.69 Å². The van der Waals surface area contributed by atoms with E-state index in [1.54, 1.807) is 12.5 Å². The summed E-state index contributed by atoms with van der Waals surface area (Å²) in [4.78, 5) is 22.2. The fourth-order valence-electron chi connectivity index (χ4n) is 4.86. The van der Waals surface area contributed by atoms with Crippen LogP contribution in [0.15, 0.2) is 22.9 Å². The van der Waals surface area contributed by atoms with E-state index >= 15 is 0 Å². The number of pyridine rings is 1. The summed E-state index contributed by atoms with van der Waals surface area (Å²) in [6.07, 6.45) is 5.85. The van der Waals surface area contributed by atoms with Crippen molar-refractivity contribution in [3.63, 3.8) is 0 Å². The molecule has 2 aromatic rings. The molecule has 4 fully saturated rings. The Labute approximate surface area is 163 Å². The molecule has 6 rings (SSSR count). The minimum Gasteiger partial charge on any atom is -0.460 e. The third-order valence-corrected chi connectivity index (χ3v) is 7.44. The van der Waals surface area contributed by atoms with Gasteiger partial charge in [0.25, 0.3) is 5.91 Å². The number of nitrogens with one attached hydrogen (secondary N) is 1. The number of amides is 1. The lowest BCUT2D eigenvalue weighted by molar-refractivity contribution is 0.0216. The number of rotatable bonds is 3. The van der Waals surface area contributed by atoms with Crippen LogP contribution in [0.3, 0.4) is 0 Å². The number of aromatic nitrogens is 1. The van der Waals surface area contributed by atoms with E-state index in [0.29, 0.717) is 17.7 Å². The van der Waals surface area contributed by atoms with Gasteiger partial charge in [-0.05, 0) is 44.8 Å². The van der Waals surface area contributed by atoms with E-state index < -0.39 is 0 Å². The van der Waals surface area contributed by atoms with Crippen LogP contribution in [0.2, 0.25) is 0 Å². The van der Waals surface area contributed by atoms with Crippen molar-refractivity contribution < 1.29 is 9.21 Å². The number of piperidine rings is 3. The molecule has 4 aliphatic rings. The van der Waals surface area contributed by atoms with Crippen LogP contribution in [0.4, 0.5) is 5.69 Å². The van der Waals surface area contributed by atoms with Gasteiger partial charge in [0.15, 0.2) is 5.58 Å². The number of carbonyl (C=O) groups excluding carboxylic acids is 1. The van der Waals surface area contributed by atoms with Crippen LogP contribution < -0.4 is 10.2 Å². The summed E-state index contributed by atoms with van der Waals surface area (Å²) in [5.41, 5.74) is 2.31. The SMILES string of the molecule is C[C@H]1[C@H](NC(=O)c2cc3c(N4CCSCC4)coc3cn2)C2CCN1CC2. The van der Waals surface area contributed by atoms with Crippen molar-refractivity contribution in [3.05, 3.63) is 24.2 Å². The Morgan fingerprint density at radius 3 is 2.78 bits per heavy atom. The van der Waals surface area contributed by atoms with Gasteiger partial charge in [-0.25, -0.2) is 4.98 Å². The van der Waals surface area contributed by atoms with Gasteiger partial charge in [0.1, 0.15) is 12.0 Å². The second-order valence-electron chi connectivity index (χ2n) is 7.90. The van der Waals surface area contributed by atoms with Crippen molar-refractivity contribution in [3.8, 4) is 0 Å². The van der Waals surface area contributed by atoms with Gasteiger partial charge in [0.05, 0.1) is 11.9 Å². The van der Waals surface area contributed by atoms with E-state index in [-0.39, 0.29) is 11.9 Å². The van der Waals surface area contributed by atoms with Crippen LogP contribution in [0.1, 0.15) is 30.3 Å². The second-order valence-corrected chi connectivity index (χ2v) is 9.12. The molecular weight excluding hydrogens is 360 g/mol. The highest BCUT2D eigenvalue weighted by atomic mass is 32.2. The minimum absolute atomic E-state index is 0.0659. The lowest BCUT2D eigenvalue weighted by Crippen LogP contribution is -2.62. The molecule has 0 saturated carbocycles. The molecular formula is C20H26N4O2S. The zero-order chi connectivity index (χ0) is 18.4. The molecule has 0 spiro atoms. The molecule has 4 saturated heterocycles. The molecule has 4 aliphatic heterocycles. The molecule has 27 heavy (non-hydrogen) atoms. The third kappa shape index (κ3) is 3.10. The van der Waals surface area contributed by atoms with Crippen LogP contribution in [0.5, 0.6) is 0 Å². The lowest BCUT2D eigenvalue weighted by atomic mass is 9.79. The normalized spacial score (nSPS) is 30.6. The average Bonchev–Trinajstić information content (AvgIpc) is 3.15. The molecule has 0 aromatic carbocycles. The van der Waals surface area contributed by atoms with Crippen molar-refractivity contribution in [2.24, 2.45) is 5.92 Å². The highest BCUT2D eigenvalue weighted by Gasteiger charge is 2.40. The minimum atomic E-state index is -0.0659. The molecule has 0 aliphatic carbocycles. The van der Waals surface area contributed by atoms with Gasteiger partial charge >= 0.3 is 0 Å². The fourth-order valence-corrected chi connectivity index (χ4v) is 5.77. The van der Waals surface area contributed by atoms with E-state index in [0.717, 1.165) is 54.3 Å². The molecule has 0 unspecified atom stereocenters. The molecule has 0 radical (unpaired) electrons. The Morgan fingerprint density at radius 2 is 2.04 bits per heavy atom. The summed E-state index contributed by atoms with van der Waals surface area (Å²) in [6.45, 7) is 6.58. The zero-order valence-electron chi connectivity index (χ0n) is 15.7. The van der Waals surface area contributed by atoms with Gasteiger partial charge in [-0.1, -0.05) is 0 Å². The van der Waals surface area contributed by atoms with E-state index in [1.165, 1.54) is 12.8 Å². The Bertz CT molecular complexity index is 838. The number of hydrogen-bond donors (Lipinski definition) is 1. The molecule has 1 N–H and O–H groups in total. The molecule has 6 heterocycles. The van der Waals surface area contributed by atoms with Crippen molar-refractivity contribution in [1.82, 2.24) is 15.2 Å². The Morgan fingerprint density at radius 1 is 1.26 bits per heavy atom. The van der Waals surface area contributed by atoms with Gasteiger partial charge in [-0.2, -0.15) is 11.8 Å². The molecule has 1 amide bonds. The van der Waals surface area contributed by atoms with Gasteiger partial charge in [0, 0.05) is 42.1 Å². The first-order valence-electron chi connectivity index (χ1n) is 9.95. The Hall–Kier alpha value is -1.73. The maximum atomic E-state index is 12.9. The number of anilines is 1. The maximum Gasteiger partial charge on any atom is 0.270 e. The molecule has 144 valence electrons. The summed E-state index contributed by atoms with van der Waals surface area (Å²) in [5, 5.41) is 4.27. The van der Waals surface area contributed by atoms with Crippen LogP contribution in [0, 0.1) is 5.92 Å². The number of carbonyl (C=O) groups is 1. The summed E-state index contributed by atoms with van der Waals surface area (Å²) < 4.78 is 5.69. The van der Waals surface area contributed by atoms with Gasteiger partial charge < -0.3 is 14.6 Å². The molecule has 2 atom stereocenters. The van der Waals surface area contributed by atoms with E-state index in [4.69, 9.17) is 4.42 Å². The number of hydrogen-bond acceptors (Lipinski definition) is 6.